The Morgan fingerprint density at radius 1 is 1.44 bits per heavy atom. The fourth-order valence-electron chi connectivity index (χ4n) is 2.03. The third-order valence-electron chi connectivity index (χ3n) is 3.06. The minimum absolute atomic E-state index is 0.307. The molecule has 1 aromatic carbocycles. The van der Waals surface area contributed by atoms with E-state index >= 15 is 0 Å². The molecule has 1 aromatic rings. The van der Waals surface area contributed by atoms with Crippen molar-refractivity contribution in [2.24, 2.45) is 0 Å². The second-order valence-electron chi connectivity index (χ2n) is 4.46. The molecule has 100 valence electrons. The summed E-state index contributed by atoms with van der Waals surface area (Å²) in [5, 5.41) is 2.81. The van der Waals surface area contributed by atoms with Crippen LogP contribution in [0.3, 0.4) is 0 Å². The zero-order valence-electron chi connectivity index (χ0n) is 10.0. The summed E-state index contributed by atoms with van der Waals surface area (Å²) in [5.41, 5.74) is 0.955. The van der Waals surface area contributed by atoms with Gasteiger partial charge in [0.25, 0.3) is 0 Å². The third-order valence-corrected chi connectivity index (χ3v) is 5.38. The van der Waals surface area contributed by atoms with E-state index < -0.39 is 10.0 Å². The molecule has 1 atom stereocenters. The number of halogens is 1. The molecule has 0 amide bonds. The van der Waals surface area contributed by atoms with Crippen LogP contribution in [0.5, 0.6) is 0 Å². The van der Waals surface area contributed by atoms with Gasteiger partial charge in [0.15, 0.2) is 0 Å². The van der Waals surface area contributed by atoms with Gasteiger partial charge in [-0.25, -0.2) is 13.1 Å². The van der Waals surface area contributed by atoms with E-state index in [1.165, 1.54) is 0 Å². The number of sulfonamides is 1. The molecule has 0 aliphatic carbocycles. The third kappa shape index (κ3) is 3.78. The predicted molar refractivity (Wildman–Crippen MR) is 75.8 cm³/mol. The van der Waals surface area contributed by atoms with E-state index in [9.17, 15) is 8.42 Å². The fourth-order valence-corrected chi connectivity index (χ4v) is 3.90. The molecule has 0 saturated carbocycles. The molecule has 1 saturated heterocycles. The SMILES string of the molecule is O=S(=O)(NCc1cccc(Br)c1)C1CCCNC1. The quantitative estimate of drug-likeness (QED) is 0.880. The molecule has 1 unspecified atom stereocenters. The first-order valence-electron chi connectivity index (χ1n) is 6.01. The van der Waals surface area contributed by atoms with Gasteiger partial charge in [-0.1, -0.05) is 28.1 Å². The first-order chi connectivity index (χ1) is 8.58. The number of nitrogens with one attached hydrogen (secondary N) is 2. The molecule has 0 bridgehead atoms. The Bertz CT molecular complexity index is 499. The molecule has 1 heterocycles. The van der Waals surface area contributed by atoms with Crippen LogP contribution < -0.4 is 10.0 Å². The van der Waals surface area contributed by atoms with Crippen molar-refractivity contribution < 1.29 is 8.42 Å². The molecule has 6 heteroatoms. The van der Waals surface area contributed by atoms with Gasteiger partial charge >= 0.3 is 0 Å². The molecule has 4 nitrogen and oxygen atoms in total. The van der Waals surface area contributed by atoms with Gasteiger partial charge in [-0.2, -0.15) is 0 Å². The van der Waals surface area contributed by atoms with E-state index in [1.54, 1.807) is 0 Å². The summed E-state index contributed by atoms with van der Waals surface area (Å²) in [6.45, 7) is 1.81. The molecule has 0 aromatic heterocycles. The molecule has 18 heavy (non-hydrogen) atoms. The molecule has 0 radical (unpaired) electrons. The van der Waals surface area contributed by atoms with E-state index in [-0.39, 0.29) is 5.25 Å². The Morgan fingerprint density at radius 3 is 2.94 bits per heavy atom. The van der Waals surface area contributed by atoms with Crippen LogP contribution in [0.4, 0.5) is 0 Å². The van der Waals surface area contributed by atoms with Crippen LogP contribution in [-0.2, 0) is 16.6 Å². The van der Waals surface area contributed by atoms with Crippen molar-refractivity contribution in [3.05, 3.63) is 34.3 Å². The summed E-state index contributed by atoms with van der Waals surface area (Å²) < 4.78 is 27.8. The standard InChI is InChI=1S/C12H17BrN2O2S/c13-11-4-1-3-10(7-11)8-15-18(16,17)12-5-2-6-14-9-12/h1,3-4,7,12,14-15H,2,5-6,8-9H2. The average molecular weight is 333 g/mol. The van der Waals surface area contributed by atoms with Crippen LogP contribution in [0.15, 0.2) is 28.7 Å². The molecule has 2 N–H and O–H groups in total. The van der Waals surface area contributed by atoms with E-state index in [4.69, 9.17) is 0 Å². The summed E-state index contributed by atoms with van der Waals surface area (Å²) in [5.74, 6) is 0. The molecule has 0 spiro atoms. The number of hydrogen-bond donors (Lipinski definition) is 2. The number of hydrogen-bond acceptors (Lipinski definition) is 3. The lowest BCUT2D eigenvalue weighted by Gasteiger charge is -2.23. The lowest BCUT2D eigenvalue weighted by atomic mass is 10.2. The summed E-state index contributed by atoms with van der Waals surface area (Å²) in [6.07, 6.45) is 1.66. The highest BCUT2D eigenvalue weighted by Crippen LogP contribution is 2.14. The Morgan fingerprint density at radius 2 is 2.28 bits per heavy atom. The van der Waals surface area contributed by atoms with Gasteiger partial charge in [0.1, 0.15) is 0 Å². The minimum Gasteiger partial charge on any atom is -0.315 e. The van der Waals surface area contributed by atoms with Crippen LogP contribution in [0.1, 0.15) is 18.4 Å². The van der Waals surface area contributed by atoms with E-state index in [1.807, 2.05) is 24.3 Å². The highest BCUT2D eigenvalue weighted by atomic mass is 79.9. The lowest BCUT2D eigenvalue weighted by molar-refractivity contribution is 0.490. The Labute approximate surface area is 116 Å². The van der Waals surface area contributed by atoms with Crippen molar-refractivity contribution in [3.63, 3.8) is 0 Å². The molecule has 2 rings (SSSR count). The van der Waals surface area contributed by atoms with Crippen molar-refractivity contribution >= 4 is 26.0 Å². The maximum Gasteiger partial charge on any atom is 0.216 e. The Kier molecular flexibility index (Phi) is 4.77. The van der Waals surface area contributed by atoms with Crippen molar-refractivity contribution in [2.45, 2.75) is 24.6 Å². The van der Waals surface area contributed by atoms with Crippen LogP contribution in [0, 0.1) is 0 Å². The maximum absolute atomic E-state index is 12.1. The number of rotatable bonds is 4. The van der Waals surface area contributed by atoms with Crippen LogP contribution in [0.2, 0.25) is 0 Å². The molecular weight excluding hydrogens is 316 g/mol. The first-order valence-corrected chi connectivity index (χ1v) is 8.35. The number of piperidine rings is 1. The molecular formula is C12H17BrN2O2S. The monoisotopic (exact) mass is 332 g/mol. The zero-order chi connectivity index (χ0) is 13.0. The molecule has 1 aliphatic heterocycles. The summed E-state index contributed by atoms with van der Waals surface area (Å²) in [4.78, 5) is 0. The zero-order valence-corrected chi connectivity index (χ0v) is 12.4. The van der Waals surface area contributed by atoms with Crippen molar-refractivity contribution in [1.29, 1.82) is 0 Å². The smallest absolute Gasteiger partial charge is 0.216 e. The lowest BCUT2D eigenvalue weighted by Crippen LogP contribution is -2.44. The van der Waals surface area contributed by atoms with Gasteiger partial charge in [0, 0.05) is 17.6 Å². The van der Waals surface area contributed by atoms with Gasteiger partial charge in [-0.15, -0.1) is 0 Å². The van der Waals surface area contributed by atoms with Gasteiger partial charge in [0.2, 0.25) is 10.0 Å². The topological polar surface area (TPSA) is 58.2 Å². The van der Waals surface area contributed by atoms with Gasteiger partial charge in [0.05, 0.1) is 5.25 Å². The van der Waals surface area contributed by atoms with Gasteiger partial charge < -0.3 is 5.32 Å². The van der Waals surface area contributed by atoms with Crippen LogP contribution >= 0.6 is 15.9 Å². The molecule has 1 aliphatic rings. The summed E-state index contributed by atoms with van der Waals surface area (Å²) in [6, 6.07) is 7.65. The second-order valence-corrected chi connectivity index (χ2v) is 7.43. The minimum atomic E-state index is -3.22. The Hall–Kier alpha value is -0.430. The van der Waals surface area contributed by atoms with Crippen LogP contribution in [0.25, 0.3) is 0 Å². The maximum atomic E-state index is 12.1. The largest absolute Gasteiger partial charge is 0.315 e. The van der Waals surface area contributed by atoms with E-state index in [0.717, 1.165) is 29.4 Å². The second kappa shape index (κ2) is 6.14. The van der Waals surface area contributed by atoms with Crippen LogP contribution in [-0.4, -0.2) is 26.8 Å². The van der Waals surface area contributed by atoms with Gasteiger partial charge in [-0.3, -0.25) is 0 Å². The average Bonchev–Trinajstić information content (AvgIpc) is 2.38. The Balaban J connectivity index is 1.96. The van der Waals surface area contributed by atoms with Crippen molar-refractivity contribution in [3.8, 4) is 0 Å². The highest BCUT2D eigenvalue weighted by molar-refractivity contribution is 9.10. The fraction of sp³-hybridized carbons (Fsp3) is 0.500. The first kappa shape index (κ1) is 14.0. The van der Waals surface area contributed by atoms with E-state index in [0.29, 0.717) is 13.1 Å². The van der Waals surface area contributed by atoms with Crippen molar-refractivity contribution in [1.82, 2.24) is 10.0 Å². The normalized spacial score (nSPS) is 20.8. The number of benzene rings is 1. The van der Waals surface area contributed by atoms with Crippen molar-refractivity contribution in [2.75, 3.05) is 13.1 Å². The summed E-state index contributed by atoms with van der Waals surface area (Å²) >= 11 is 3.37. The van der Waals surface area contributed by atoms with E-state index in [2.05, 4.69) is 26.0 Å². The highest BCUT2D eigenvalue weighted by Gasteiger charge is 2.26. The van der Waals surface area contributed by atoms with Gasteiger partial charge in [-0.05, 0) is 37.1 Å². The summed E-state index contributed by atoms with van der Waals surface area (Å²) in [7, 11) is -3.22. The molecule has 1 fully saturated rings. The predicted octanol–water partition coefficient (Wildman–Crippen LogP) is 1.62.